The molecule has 5 heteroatoms. The second-order valence-corrected chi connectivity index (χ2v) is 5.36. The smallest absolute Gasteiger partial charge is 0.339 e. The van der Waals surface area contributed by atoms with Crippen LogP contribution in [0.3, 0.4) is 0 Å². The standard InChI is InChI=1S/C14H21N3O2/c1-9-7-10(2)15-13(12(9)14(18)19)16-11-5-4-6-17(3)8-11/h7,11H,4-6,8H2,1-3H3,(H,15,16)(H,18,19). The van der Waals surface area contributed by atoms with Crippen LogP contribution in [-0.4, -0.2) is 47.1 Å². The normalized spacial score (nSPS) is 20.3. The van der Waals surface area contributed by atoms with Gasteiger partial charge in [-0.05, 0) is 51.9 Å². The van der Waals surface area contributed by atoms with Gasteiger partial charge in [0.15, 0.2) is 0 Å². The molecule has 0 spiro atoms. The minimum absolute atomic E-state index is 0.269. The van der Waals surface area contributed by atoms with Gasteiger partial charge in [0.25, 0.3) is 0 Å². The maximum Gasteiger partial charge on any atom is 0.339 e. The van der Waals surface area contributed by atoms with E-state index in [1.165, 1.54) is 0 Å². The first-order valence-electron chi connectivity index (χ1n) is 6.64. The Labute approximate surface area is 113 Å². The van der Waals surface area contributed by atoms with Crippen LogP contribution in [0.1, 0.15) is 34.5 Å². The number of aromatic nitrogens is 1. The van der Waals surface area contributed by atoms with Crippen LogP contribution in [0.25, 0.3) is 0 Å². The SMILES string of the molecule is Cc1cc(C)c(C(=O)O)c(NC2CCCN(C)C2)n1. The number of likely N-dealkylation sites (tertiary alicyclic amines) is 1. The maximum absolute atomic E-state index is 11.4. The van der Waals surface area contributed by atoms with E-state index in [0.29, 0.717) is 11.4 Å². The number of hydrogen-bond donors (Lipinski definition) is 2. The number of aryl methyl sites for hydroxylation is 2. The summed E-state index contributed by atoms with van der Waals surface area (Å²) in [6, 6.07) is 2.08. The Morgan fingerprint density at radius 1 is 1.53 bits per heavy atom. The van der Waals surface area contributed by atoms with Crippen molar-refractivity contribution < 1.29 is 9.90 Å². The third kappa shape index (κ3) is 3.23. The van der Waals surface area contributed by atoms with Crippen LogP contribution in [0, 0.1) is 13.8 Å². The molecule has 0 saturated carbocycles. The van der Waals surface area contributed by atoms with Crippen LogP contribution in [0.4, 0.5) is 5.82 Å². The fourth-order valence-corrected chi connectivity index (χ4v) is 2.69. The lowest BCUT2D eigenvalue weighted by Gasteiger charge is -2.31. The quantitative estimate of drug-likeness (QED) is 0.872. The number of nitrogens with one attached hydrogen (secondary N) is 1. The largest absolute Gasteiger partial charge is 0.478 e. The fourth-order valence-electron chi connectivity index (χ4n) is 2.69. The first kappa shape index (κ1) is 13.8. The van der Waals surface area contributed by atoms with Gasteiger partial charge in [0.2, 0.25) is 0 Å². The summed E-state index contributed by atoms with van der Waals surface area (Å²) in [5.74, 6) is -0.415. The summed E-state index contributed by atoms with van der Waals surface area (Å²) < 4.78 is 0. The van der Waals surface area contributed by atoms with Gasteiger partial charge in [-0.3, -0.25) is 0 Å². The number of pyridine rings is 1. The van der Waals surface area contributed by atoms with Crippen molar-refractivity contribution >= 4 is 11.8 Å². The van der Waals surface area contributed by atoms with Gasteiger partial charge >= 0.3 is 5.97 Å². The van der Waals surface area contributed by atoms with Crippen molar-refractivity contribution in [2.24, 2.45) is 0 Å². The van der Waals surface area contributed by atoms with E-state index in [1.54, 1.807) is 0 Å². The summed E-state index contributed by atoms with van der Waals surface area (Å²) in [5, 5.41) is 12.6. The maximum atomic E-state index is 11.4. The van der Waals surface area contributed by atoms with Gasteiger partial charge in [-0.25, -0.2) is 9.78 Å². The molecule has 1 aromatic heterocycles. The number of rotatable bonds is 3. The van der Waals surface area contributed by atoms with Gasteiger partial charge in [-0.15, -0.1) is 0 Å². The highest BCUT2D eigenvalue weighted by molar-refractivity contribution is 5.94. The molecule has 104 valence electrons. The number of carboxylic acids is 1. The summed E-state index contributed by atoms with van der Waals surface area (Å²) in [6.45, 7) is 5.73. The fraction of sp³-hybridized carbons (Fsp3) is 0.571. The lowest BCUT2D eigenvalue weighted by molar-refractivity contribution is 0.0696. The van der Waals surface area contributed by atoms with E-state index in [0.717, 1.165) is 37.2 Å². The number of carbonyl (C=O) groups is 1. The summed E-state index contributed by atoms with van der Waals surface area (Å²) in [6.07, 6.45) is 2.18. The minimum Gasteiger partial charge on any atom is -0.478 e. The minimum atomic E-state index is -0.920. The average molecular weight is 263 g/mol. The second kappa shape index (κ2) is 5.57. The Balaban J connectivity index is 2.25. The Hall–Kier alpha value is -1.62. The Kier molecular flexibility index (Phi) is 4.04. The molecule has 1 saturated heterocycles. The molecule has 19 heavy (non-hydrogen) atoms. The van der Waals surface area contributed by atoms with Crippen molar-refractivity contribution in [3.8, 4) is 0 Å². The van der Waals surface area contributed by atoms with E-state index < -0.39 is 5.97 Å². The summed E-state index contributed by atoms with van der Waals surface area (Å²) in [4.78, 5) is 18.0. The molecule has 0 aromatic carbocycles. The highest BCUT2D eigenvalue weighted by atomic mass is 16.4. The van der Waals surface area contributed by atoms with Crippen LogP contribution in [0.5, 0.6) is 0 Å². The molecule has 2 rings (SSSR count). The Morgan fingerprint density at radius 3 is 2.89 bits per heavy atom. The molecule has 0 aliphatic carbocycles. The molecule has 2 N–H and O–H groups in total. The molecule has 0 radical (unpaired) electrons. The van der Waals surface area contributed by atoms with Crippen molar-refractivity contribution in [3.05, 3.63) is 22.9 Å². The summed E-state index contributed by atoms with van der Waals surface area (Å²) in [5.41, 5.74) is 1.89. The number of hydrogen-bond acceptors (Lipinski definition) is 4. The number of likely N-dealkylation sites (N-methyl/N-ethyl adjacent to an activating group) is 1. The molecule has 5 nitrogen and oxygen atoms in total. The van der Waals surface area contributed by atoms with Crippen LogP contribution >= 0.6 is 0 Å². The van der Waals surface area contributed by atoms with Crippen molar-refractivity contribution in [1.82, 2.24) is 9.88 Å². The number of aromatic carboxylic acids is 1. The van der Waals surface area contributed by atoms with Gasteiger partial charge in [0.05, 0.1) is 0 Å². The van der Waals surface area contributed by atoms with Crippen molar-refractivity contribution in [3.63, 3.8) is 0 Å². The molecule has 1 aliphatic rings. The van der Waals surface area contributed by atoms with E-state index in [9.17, 15) is 9.90 Å². The molecule has 2 heterocycles. The number of piperidine rings is 1. The number of carboxylic acid groups (broad SMARTS) is 1. The molecule has 1 atom stereocenters. The van der Waals surface area contributed by atoms with Crippen LogP contribution in [-0.2, 0) is 0 Å². The zero-order valence-electron chi connectivity index (χ0n) is 11.7. The van der Waals surface area contributed by atoms with Crippen LogP contribution < -0.4 is 5.32 Å². The van der Waals surface area contributed by atoms with E-state index >= 15 is 0 Å². The van der Waals surface area contributed by atoms with E-state index in [4.69, 9.17) is 0 Å². The molecule has 1 unspecified atom stereocenters. The summed E-state index contributed by atoms with van der Waals surface area (Å²) in [7, 11) is 2.08. The Morgan fingerprint density at radius 2 is 2.26 bits per heavy atom. The molecule has 1 aromatic rings. The molecule has 0 amide bonds. The van der Waals surface area contributed by atoms with Gasteiger partial charge in [0, 0.05) is 18.3 Å². The number of anilines is 1. The van der Waals surface area contributed by atoms with Gasteiger partial charge in [0.1, 0.15) is 11.4 Å². The van der Waals surface area contributed by atoms with E-state index in [2.05, 4.69) is 22.2 Å². The zero-order chi connectivity index (χ0) is 14.0. The van der Waals surface area contributed by atoms with Crippen molar-refractivity contribution in [2.45, 2.75) is 32.7 Å². The third-order valence-electron chi connectivity index (χ3n) is 3.52. The molecular formula is C14H21N3O2. The second-order valence-electron chi connectivity index (χ2n) is 5.36. The van der Waals surface area contributed by atoms with E-state index in [1.807, 2.05) is 19.9 Å². The van der Waals surface area contributed by atoms with Crippen molar-refractivity contribution in [1.29, 1.82) is 0 Å². The van der Waals surface area contributed by atoms with Gasteiger partial charge in [-0.2, -0.15) is 0 Å². The molecule has 0 bridgehead atoms. The molecule has 1 fully saturated rings. The summed E-state index contributed by atoms with van der Waals surface area (Å²) >= 11 is 0. The van der Waals surface area contributed by atoms with Crippen LogP contribution in [0.15, 0.2) is 6.07 Å². The van der Waals surface area contributed by atoms with Crippen LogP contribution in [0.2, 0.25) is 0 Å². The highest BCUT2D eigenvalue weighted by Gasteiger charge is 2.21. The number of nitrogens with zero attached hydrogens (tertiary/aromatic N) is 2. The van der Waals surface area contributed by atoms with Gasteiger partial charge < -0.3 is 15.3 Å². The average Bonchev–Trinajstić information content (AvgIpc) is 2.26. The Bertz CT molecular complexity index is 488. The third-order valence-corrected chi connectivity index (χ3v) is 3.52. The monoisotopic (exact) mass is 263 g/mol. The van der Waals surface area contributed by atoms with Gasteiger partial charge in [-0.1, -0.05) is 0 Å². The zero-order valence-corrected chi connectivity index (χ0v) is 11.7. The molecule has 1 aliphatic heterocycles. The first-order chi connectivity index (χ1) is 8.97. The predicted octanol–water partition coefficient (Wildman–Crippen LogP) is 1.90. The predicted molar refractivity (Wildman–Crippen MR) is 74.8 cm³/mol. The van der Waals surface area contributed by atoms with Crippen molar-refractivity contribution in [2.75, 3.05) is 25.5 Å². The van der Waals surface area contributed by atoms with E-state index in [-0.39, 0.29) is 6.04 Å². The highest BCUT2D eigenvalue weighted by Crippen LogP contribution is 2.21. The lowest BCUT2D eigenvalue weighted by Crippen LogP contribution is -2.40. The molecular weight excluding hydrogens is 242 g/mol. The topological polar surface area (TPSA) is 65.5 Å². The lowest BCUT2D eigenvalue weighted by atomic mass is 10.0. The first-order valence-corrected chi connectivity index (χ1v) is 6.64.